The fourth-order valence-corrected chi connectivity index (χ4v) is 6.12. The van der Waals surface area contributed by atoms with Crippen molar-refractivity contribution in [2.45, 2.75) is 24.7 Å². The normalized spacial score (nSPS) is 12.4. The van der Waals surface area contributed by atoms with Crippen molar-refractivity contribution in [3.05, 3.63) is 137 Å². The van der Waals surface area contributed by atoms with E-state index in [0.717, 1.165) is 33.8 Å². The van der Waals surface area contributed by atoms with Gasteiger partial charge >= 0.3 is 0 Å². The van der Waals surface area contributed by atoms with Gasteiger partial charge in [0.1, 0.15) is 17.1 Å². The number of hydrogen-bond donors (Lipinski definition) is 1. The summed E-state index contributed by atoms with van der Waals surface area (Å²) in [4.78, 5) is 0.180. The number of furan rings is 1. The van der Waals surface area contributed by atoms with Crippen LogP contribution in [-0.4, -0.2) is 25.3 Å². The van der Waals surface area contributed by atoms with Gasteiger partial charge in [0.25, 0.3) is 10.0 Å². The number of nitrogens with one attached hydrogen (secondary N) is 1. The van der Waals surface area contributed by atoms with Crippen LogP contribution in [0.5, 0.6) is 5.75 Å². The average molecular weight is 564 g/mol. The first-order valence-electron chi connectivity index (χ1n) is 13.2. The summed E-state index contributed by atoms with van der Waals surface area (Å²) in [7, 11) is -2.28. The summed E-state index contributed by atoms with van der Waals surface area (Å²) in [6.45, 7) is 3.87. The Morgan fingerprint density at radius 2 is 1.54 bits per heavy atom. The number of sulfonamides is 1. The molecule has 0 radical (unpaired) electrons. The zero-order chi connectivity index (χ0) is 28.6. The maximum atomic E-state index is 13.6. The highest BCUT2D eigenvalue weighted by molar-refractivity contribution is 7.92. The predicted octanol–water partition coefficient (Wildman–Crippen LogP) is 7.22. The highest BCUT2D eigenvalue weighted by atomic mass is 32.2. The van der Waals surface area contributed by atoms with Crippen molar-refractivity contribution >= 4 is 26.7 Å². The van der Waals surface area contributed by atoms with Gasteiger partial charge in [-0.15, -0.1) is 0 Å². The smallest absolute Gasteiger partial charge is 0.262 e. The molecule has 0 saturated heterocycles. The molecule has 2 heterocycles. The molecule has 0 bridgehead atoms. The van der Waals surface area contributed by atoms with E-state index >= 15 is 0 Å². The molecule has 1 unspecified atom stereocenters. The van der Waals surface area contributed by atoms with Crippen molar-refractivity contribution < 1.29 is 17.6 Å². The third-order valence-corrected chi connectivity index (χ3v) is 8.54. The second-order valence-electron chi connectivity index (χ2n) is 9.91. The summed E-state index contributed by atoms with van der Waals surface area (Å²) in [5.74, 6) is 0.810. The van der Waals surface area contributed by atoms with Crippen LogP contribution in [0.1, 0.15) is 34.1 Å². The van der Waals surface area contributed by atoms with Gasteiger partial charge in [-0.25, -0.2) is 13.1 Å². The quantitative estimate of drug-likeness (QED) is 0.211. The Hall–Kier alpha value is -4.82. The summed E-state index contributed by atoms with van der Waals surface area (Å²) >= 11 is 0. The lowest BCUT2D eigenvalue weighted by Crippen LogP contribution is -2.15. The van der Waals surface area contributed by atoms with Gasteiger partial charge < -0.3 is 9.15 Å². The molecule has 0 aliphatic heterocycles. The van der Waals surface area contributed by atoms with Crippen LogP contribution in [-0.2, 0) is 10.0 Å². The lowest BCUT2D eigenvalue weighted by atomic mass is 9.88. The van der Waals surface area contributed by atoms with E-state index in [1.165, 1.54) is 0 Å². The second-order valence-corrected chi connectivity index (χ2v) is 11.6. The lowest BCUT2D eigenvalue weighted by molar-refractivity contribution is 0.414. The number of benzene rings is 4. The minimum atomic E-state index is -3.91. The Morgan fingerprint density at radius 3 is 2.24 bits per heavy atom. The molecule has 0 fully saturated rings. The number of ether oxygens (including phenoxy) is 1. The molecule has 1 N–H and O–H groups in total. The van der Waals surface area contributed by atoms with E-state index in [2.05, 4.69) is 4.72 Å². The zero-order valence-corrected chi connectivity index (χ0v) is 23.7. The van der Waals surface area contributed by atoms with Gasteiger partial charge in [-0.3, -0.25) is 4.72 Å². The van der Waals surface area contributed by atoms with Crippen LogP contribution in [0.3, 0.4) is 0 Å². The largest absolute Gasteiger partial charge is 0.497 e. The molecule has 206 valence electrons. The zero-order valence-electron chi connectivity index (χ0n) is 22.9. The maximum Gasteiger partial charge on any atom is 0.262 e. The molecule has 0 aliphatic rings. The van der Waals surface area contributed by atoms with Gasteiger partial charge in [-0.05, 0) is 67.9 Å². The predicted molar refractivity (Wildman–Crippen MR) is 160 cm³/mol. The number of aromatic nitrogens is 2. The van der Waals surface area contributed by atoms with Crippen molar-refractivity contribution in [3.8, 4) is 11.4 Å². The fraction of sp³-hybridized carbons (Fsp3) is 0.121. The molecule has 0 spiro atoms. The number of methoxy groups -OCH3 is 1. The van der Waals surface area contributed by atoms with Crippen molar-refractivity contribution in [2.24, 2.45) is 0 Å². The van der Waals surface area contributed by atoms with Crippen LogP contribution in [0, 0.1) is 13.8 Å². The topological polar surface area (TPSA) is 86.4 Å². The summed E-state index contributed by atoms with van der Waals surface area (Å²) in [6, 6.07) is 31.8. The van der Waals surface area contributed by atoms with Gasteiger partial charge in [-0.1, -0.05) is 60.2 Å². The SMILES string of the molecule is COc1ccc(-n2cc(C(c3ccccc3)c3oc4ccccc4c3NS(=O)(=O)c3ccc(C)cc3)c(C)n2)cc1. The number of nitrogens with zero attached hydrogens (tertiary/aromatic N) is 2. The van der Waals surface area contributed by atoms with E-state index in [-0.39, 0.29) is 4.90 Å². The van der Waals surface area contributed by atoms with Gasteiger partial charge in [0.15, 0.2) is 0 Å². The summed E-state index contributed by atoms with van der Waals surface area (Å²) in [5.41, 5.74) is 5.48. The molecule has 4 aromatic carbocycles. The van der Waals surface area contributed by atoms with E-state index in [9.17, 15) is 8.42 Å². The van der Waals surface area contributed by atoms with Crippen molar-refractivity contribution in [2.75, 3.05) is 11.8 Å². The average Bonchev–Trinajstić information content (AvgIpc) is 3.54. The van der Waals surface area contributed by atoms with Crippen molar-refractivity contribution in [1.29, 1.82) is 0 Å². The van der Waals surface area contributed by atoms with Gasteiger partial charge in [0, 0.05) is 17.1 Å². The summed E-state index contributed by atoms with van der Waals surface area (Å²) in [6.07, 6.45) is 1.97. The Labute approximate surface area is 239 Å². The third kappa shape index (κ3) is 5.10. The van der Waals surface area contributed by atoms with Gasteiger partial charge in [0.05, 0.1) is 35.0 Å². The molecule has 0 amide bonds. The molecule has 7 nitrogen and oxygen atoms in total. The van der Waals surface area contributed by atoms with Crippen molar-refractivity contribution in [1.82, 2.24) is 9.78 Å². The highest BCUT2D eigenvalue weighted by Gasteiger charge is 2.31. The van der Waals surface area contributed by atoms with Crippen LogP contribution in [0.25, 0.3) is 16.7 Å². The molecule has 41 heavy (non-hydrogen) atoms. The minimum absolute atomic E-state index is 0.180. The minimum Gasteiger partial charge on any atom is -0.497 e. The number of rotatable bonds is 8. The molecule has 6 rings (SSSR count). The number of hydrogen-bond acceptors (Lipinski definition) is 5. The van der Waals surface area contributed by atoms with Gasteiger partial charge in [-0.2, -0.15) is 5.10 Å². The van der Waals surface area contributed by atoms with E-state index in [1.54, 1.807) is 31.4 Å². The highest BCUT2D eigenvalue weighted by Crippen LogP contribution is 2.43. The Balaban J connectivity index is 1.53. The molecular formula is C33H29N3O4S. The summed E-state index contributed by atoms with van der Waals surface area (Å²) in [5, 5.41) is 5.50. The molecule has 2 aromatic heterocycles. The molecule has 0 saturated carbocycles. The first-order chi connectivity index (χ1) is 19.8. The molecule has 0 aliphatic carbocycles. The van der Waals surface area contributed by atoms with Crippen LogP contribution >= 0.6 is 0 Å². The molecule has 6 aromatic rings. The first-order valence-corrected chi connectivity index (χ1v) is 14.7. The summed E-state index contributed by atoms with van der Waals surface area (Å²) < 4.78 is 43.8. The van der Waals surface area contributed by atoms with Crippen LogP contribution in [0.2, 0.25) is 0 Å². The monoisotopic (exact) mass is 563 g/mol. The number of para-hydroxylation sites is 1. The van der Waals surface area contributed by atoms with Crippen LogP contribution in [0.15, 0.2) is 119 Å². The Kier molecular flexibility index (Phi) is 6.85. The van der Waals surface area contributed by atoms with Crippen molar-refractivity contribution in [3.63, 3.8) is 0 Å². The fourth-order valence-electron chi connectivity index (χ4n) is 5.03. The van der Waals surface area contributed by atoms with E-state index in [4.69, 9.17) is 14.3 Å². The maximum absolute atomic E-state index is 13.6. The van der Waals surface area contributed by atoms with Crippen LogP contribution < -0.4 is 9.46 Å². The first kappa shape index (κ1) is 26.4. The molecule has 8 heteroatoms. The third-order valence-electron chi connectivity index (χ3n) is 7.17. The number of anilines is 1. The Morgan fingerprint density at radius 1 is 0.854 bits per heavy atom. The number of aryl methyl sites for hydroxylation is 2. The molecular weight excluding hydrogens is 534 g/mol. The van der Waals surface area contributed by atoms with E-state index in [0.29, 0.717) is 22.4 Å². The second kappa shape index (κ2) is 10.6. The van der Waals surface area contributed by atoms with E-state index < -0.39 is 15.9 Å². The van der Waals surface area contributed by atoms with Crippen LogP contribution in [0.4, 0.5) is 5.69 Å². The lowest BCUT2D eigenvalue weighted by Gasteiger charge is -2.18. The number of fused-ring (bicyclic) bond motifs is 1. The standard InChI is InChI=1S/C33H29N3O4S/c1-22-13-19-27(20-14-22)41(37,38)35-32-28-11-7-8-12-30(28)40-33(32)31(24-9-5-4-6-10-24)29-21-36(34-23(29)2)25-15-17-26(39-3)18-16-25/h4-21,31,35H,1-3H3. The molecule has 1 atom stereocenters. The Bertz CT molecular complexity index is 1930. The van der Waals surface area contributed by atoms with Gasteiger partial charge in [0.2, 0.25) is 0 Å². The van der Waals surface area contributed by atoms with E-state index in [1.807, 2.05) is 104 Å².